The number of hydrogen-bond donors (Lipinski definition) is 1. The van der Waals surface area contributed by atoms with Gasteiger partial charge in [0.15, 0.2) is 0 Å². The van der Waals surface area contributed by atoms with Gasteiger partial charge in [0.05, 0.1) is 11.4 Å². The lowest BCUT2D eigenvalue weighted by Crippen LogP contribution is -2.24. The Balaban J connectivity index is 1.75. The maximum atomic E-state index is 13.1. The number of aryl methyl sites for hydroxylation is 1. The maximum absolute atomic E-state index is 13.1. The van der Waals surface area contributed by atoms with Crippen LogP contribution in [0.2, 0.25) is 0 Å². The highest BCUT2D eigenvalue weighted by Gasteiger charge is 2.19. The quantitative estimate of drug-likeness (QED) is 0.758. The summed E-state index contributed by atoms with van der Waals surface area (Å²) in [6, 6.07) is 8.69. The van der Waals surface area contributed by atoms with E-state index in [1.54, 1.807) is 24.4 Å². The van der Waals surface area contributed by atoms with Crippen molar-refractivity contribution in [3.63, 3.8) is 0 Å². The molecule has 0 aliphatic rings. The molecule has 0 atom stereocenters. The number of sulfonamides is 1. The van der Waals surface area contributed by atoms with Crippen molar-refractivity contribution in [3.05, 3.63) is 59.9 Å². The van der Waals surface area contributed by atoms with Gasteiger partial charge in [-0.3, -0.25) is 4.98 Å². The molecule has 24 heavy (non-hydrogen) atoms. The van der Waals surface area contributed by atoms with Crippen LogP contribution in [0.4, 0.5) is 4.39 Å². The Bertz CT molecular complexity index is 958. The molecule has 0 bridgehead atoms. The molecule has 0 fully saturated rings. The first-order chi connectivity index (χ1) is 11.5. The molecular formula is C15H13FN4O3S. The Morgan fingerprint density at radius 3 is 2.79 bits per heavy atom. The fourth-order valence-corrected chi connectivity index (χ4v) is 3.27. The molecule has 1 N–H and O–H groups in total. The molecule has 7 nitrogen and oxygen atoms in total. The van der Waals surface area contributed by atoms with Crippen LogP contribution in [-0.2, 0) is 16.6 Å². The van der Waals surface area contributed by atoms with Gasteiger partial charge in [-0.05, 0) is 42.8 Å². The summed E-state index contributed by atoms with van der Waals surface area (Å²) in [5, 5.41) is 3.76. The van der Waals surface area contributed by atoms with Crippen LogP contribution in [0.25, 0.3) is 11.5 Å². The number of halogens is 1. The Kier molecular flexibility index (Phi) is 4.36. The van der Waals surface area contributed by atoms with E-state index in [0.29, 0.717) is 11.3 Å². The molecule has 0 aliphatic carbocycles. The van der Waals surface area contributed by atoms with Crippen molar-refractivity contribution < 1.29 is 17.3 Å². The maximum Gasteiger partial charge on any atom is 0.242 e. The van der Waals surface area contributed by atoms with E-state index in [4.69, 9.17) is 4.52 Å². The summed E-state index contributed by atoms with van der Waals surface area (Å²) >= 11 is 0. The summed E-state index contributed by atoms with van der Waals surface area (Å²) in [6.45, 7) is 1.34. The zero-order valence-corrected chi connectivity index (χ0v) is 13.4. The van der Waals surface area contributed by atoms with Crippen LogP contribution in [0.3, 0.4) is 0 Å². The fourth-order valence-electron chi connectivity index (χ4n) is 2.07. The van der Waals surface area contributed by atoms with Gasteiger partial charge in [0.1, 0.15) is 11.5 Å². The number of hydrogen-bond acceptors (Lipinski definition) is 6. The lowest BCUT2D eigenvalue weighted by molar-refractivity contribution is 0.375. The average Bonchev–Trinajstić information content (AvgIpc) is 3.02. The van der Waals surface area contributed by atoms with Crippen molar-refractivity contribution in [3.8, 4) is 11.5 Å². The summed E-state index contributed by atoms with van der Waals surface area (Å²) in [6.07, 6.45) is 1.59. The first kappa shape index (κ1) is 16.2. The summed E-state index contributed by atoms with van der Waals surface area (Å²) < 4.78 is 45.0. The third kappa shape index (κ3) is 3.47. The number of aromatic nitrogens is 3. The van der Waals surface area contributed by atoms with Gasteiger partial charge in [0.2, 0.25) is 21.7 Å². The van der Waals surface area contributed by atoms with Crippen LogP contribution in [-0.4, -0.2) is 23.5 Å². The van der Waals surface area contributed by atoms with Crippen LogP contribution in [0.5, 0.6) is 0 Å². The van der Waals surface area contributed by atoms with Gasteiger partial charge >= 0.3 is 0 Å². The summed E-state index contributed by atoms with van der Waals surface area (Å²) in [4.78, 5) is 8.16. The number of rotatable bonds is 5. The largest absolute Gasteiger partial charge is 0.337 e. The highest BCUT2D eigenvalue weighted by atomic mass is 32.2. The van der Waals surface area contributed by atoms with E-state index in [0.717, 1.165) is 12.1 Å². The Morgan fingerprint density at radius 2 is 2.08 bits per heavy atom. The van der Waals surface area contributed by atoms with Gasteiger partial charge in [-0.15, -0.1) is 0 Å². The molecule has 0 unspecified atom stereocenters. The third-order valence-corrected chi connectivity index (χ3v) is 4.76. The number of pyridine rings is 1. The number of nitrogens with one attached hydrogen (secondary N) is 1. The van der Waals surface area contributed by atoms with Gasteiger partial charge in [-0.1, -0.05) is 11.2 Å². The van der Waals surface area contributed by atoms with E-state index in [-0.39, 0.29) is 23.2 Å². The molecule has 0 amide bonds. The molecule has 9 heteroatoms. The van der Waals surface area contributed by atoms with E-state index in [2.05, 4.69) is 19.8 Å². The minimum atomic E-state index is -3.82. The molecule has 0 aliphatic heterocycles. The second-order valence-corrected chi connectivity index (χ2v) is 6.70. The Morgan fingerprint density at radius 1 is 1.25 bits per heavy atom. The molecule has 0 radical (unpaired) electrons. The highest BCUT2D eigenvalue weighted by Crippen LogP contribution is 2.17. The Labute approximate surface area is 137 Å². The molecule has 3 rings (SSSR count). The normalized spacial score (nSPS) is 11.6. The molecule has 0 saturated heterocycles. The zero-order chi connectivity index (χ0) is 17.2. The lowest BCUT2D eigenvalue weighted by Gasteiger charge is -2.07. The van der Waals surface area contributed by atoms with Gasteiger partial charge in [0.25, 0.3) is 0 Å². The molecule has 2 aromatic heterocycles. The predicted octanol–water partition coefficient (Wildman–Crippen LogP) is 2.06. The Hall–Kier alpha value is -2.65. The third-order valence-electron chi connectivity index (χ3n) is 3.20. The van der Waals surface area contributed by atoms with E-state index in [9.17, 15) is 12.8 Å². The first-order valence-electron chi connectivity index (χ1n) is 6.95. The smallest absolute Gasteiger partial charge is 0.242 e. The van der Waals surface area contributed by atoms with E-state index in [1.165, 1.54) is 13.0 Å². The zero-order valence-electron chi connectivity index (χ0n) is 12.6. The van der Waals surface area contributed by atoms with Crippen LogP contribution in [0.1, 0.15) is 11.5 Å². The second-order valence-electron chi connectivity index (χ2n) is 4.96. The van der Waals surface area contributed by atoms with E-state index >= 15 is 0 Å². The molecular weight excluding hydrogens is 335 g/mol. The average molecular weight is 348 g/mol. The van der Waals surface area contributed by atoms with Crippen LogP contribution in [0.15, 0.2) is 52.0 Å². The minimum Gasteiger partial charge on any atom is -0.337 e. The topological polar surface area (TPSA) is 98.0 Å². The van der Waals surface area contributed by atoms with Crippen molar-refractivity contribution in [1.29, 1.82) is 0 Å². The van der Waals surface area contributed by atoms with E-state index < -0.39 is 15.8 Å². The van der Waals surface area contributed by atoms with Gasteiger partial charge in [0, 0.05) is 6.20 Å². The van der Waals surface area contributed by atoms with Gasteiger partial charge in [-0.2, -0.15) is 4.98 Å². The summed E-state index contributed by atoms with van der Waals surface area (Å²) in [5.41, 5.74) is 0.826. The van der Waals surface area contributed by atoms with Crippen molar-refractivity contribution in [1.82, 2.24) is 19.8 Å². The SMILES string of the molecule is Cc1cc(F)ccc1S(=O)(=O)NCc1nc(-c2ccccn2)no1. The number of benzene rings is 1. The fraction of sp³-hybridized carbons (Fsp3) is 0.133. The van der Waals surface area contributed by atoms with Crippen molar-refractivity contribution in [2.45, 2.75) is 18.4 Å². The van der Waals surface area contributed by atoms with Crippen LogP contribution >= 0.6 is 0 Å². The van der Waals surface area contributed by atoms with Crippen molar-refractivity contribution >= 4 is 10.0 Å². The molecule has 124 valence electrons. The molecule has 2 heterocycles. The van der Waals surface area contributed by atoms with Crippen LogP contribution < -0.4 is 4.72 Å². The van der Waals surface area contributed by atoms with Gasteiger partial charge in [-0.25, -0.2) is 17.5 Å². The minimum absolute atomic E-state index is 0.00614. The highest BCUT2D eigenvalue weighted by molar-refractivity contribution is 7.89. The molecule has 0 spiro atoms. The monoisotopic (exact) mass is 348 g/mol. The van der Waals surface area contributed by atoms with Crippen LogP contribution in [0, 0.1) is 12.7 Å². The number of nitrogens with zero attached hydrogens (tertiary/aromatic N) is 3. The van der Waals surface area contributed by atoms with Gasteiger partial charge < -0.3 is 4.52 Å². The molecule has 0 saturated carbocycles. The summed E-state index contributed by atoms with van der Waals surface area (Å²) in [7, 11) is -3.82. The summed E-state index contributed by atoms with van der Waals surface area (Å²) in [5.74, 6) is -0.134. The van der Waals surface area contributed by atoms with Crippen molar-refractivity contribution in [2.75, 3.05) is 0 Å². The second kappa shape index (κ2) is 6.46. The first-order valence-corrected chi connectivity index (χ1v) is 8.44. The predicted molar refractivity (Wildman–Crippen MR) is 82.7 cm³/mol. The van der Waals surface area contributed by atoms with Crippen molar-refractivity contribution in [2.24, 2.45) is 0 Å². The standard InChI is InChI=1S/C15H13FN4O3S/c1-10-8-11(16)5-6-13(10)24(21,22)18-9-14-19-15(20-23-14)12-4-2-3-7-17-12/h2-8,18H,9H2,1H3. The molecule has 1 aromatic carbocycles. The van der Waals surface area contributed by atoms with E-state index in [1.807, 2.05) is 0 Å². The molecule has 3 aromatic rings. The lowest BCUT2D eigenvalue weighted by atomic mass is 10.2.